The van der Waals surface area contributed by atoms with Gasteiger partial charge in [0.05, 0.1) is 0 Å². The van der Waals surface area contributed by atoms with Crippen molar-refractivity contribution in [3.05, 3.63) is 29.8 Å². The minimum absolute atomic E-state index is 0.0710. The molecule has 1 fully saturated rings. The number of rotatable bonds is 4. The maximum Gasteiger partial charge on any atom is 0.306 e. The van der Waals surface area contributed by atoms with Crippen molar-refractivity contribution >= 4 is 5.97 Å². The molecular weight excluding hydrogens is 204 g/mol. The van der Waals surface area contributed by atoms with Gasteiger partial charge in [0.25, 0.3) is 0 Å². The van der Waals surface area contributed by atoms with Crippen LogP contribution in [0.2, 0.25) is 0 Å². The number of benzene rings is 1. The van der Waals surface area contributed by atoms with E-state index >= 15 is 0 Å². The number of carbonyl (C=O) groups is 1. The summed E-state index contributed by atoms with van der Waals surface area (Å²) in [5.74, 6) is 0.718. The van der Waals surface area contributed by atoms with Crippen molar-refractivity contribution in [3.8, 4) is 5.75 Å². The molecular formula is C13H16O3. The smallest absolute Gasteiger partial charge is 0.306 e. The number of hydrogen-bond acceptors (Lipinski definition) is 3. The Kier molecular flexibility index (Phi) is 3.44. The summed E-state index contributed by atoms with van der Waals surface area (Å²) in [6, 6.07) is 8.01. The van der Waals surface area contributed by atoms with Gasteiger partial charge in [0.2, 0.25) is 0 Å². The molecule has 0 bridgehead atoms. The molecule has 1 aliphatic rings. The molecule has 1 aromatic rings. The van der Waals surface area contributed by atoms with Crippen LogP contribution in [0.5, 0.6) is 5.75 Å². The normalized spacial score (nSPS) is 19.6. The largest absolute Gasteiger partial charge is 0.490 e. The van der Waals surface area contributed by atoms with Gasteiger partial charge in [-0.15, -0.1) is 0 Å². The van der Waals surface area contributed by atoms with Gasteiger partial charge in [0.15, 0.2) is 0 Å². The fourth-order valence-corrected chi connectivity index (χ4v) is 1.71. The first-order valence-electron chi connectivity index (χ1n) is 5.69. The van der Waals surface area contributed by atoms with Gasteiger partial charge in [-0.3, -0.25) is 4.79 Å². The Balaban J connectivity index is 1.82. The lowest BCUT2D eigenvalue weighted by Crippen LogP contribution is -2.17. The monoisotopic (exact) mass is 220 g/mol. The van der Waals surface area contributed by atoms with E-state index in [0.717, 1.165) is 18.6 Å². The number of esters is 1. The van der Waals surface area contributed by atoms with Crippen LogP contribution in [0.4, 0.5) is 0 Å². The van der Waals surface area contributed by atoms with Crippen molar-refractivity contribution in [2.45, 2.75) is 32.3 Å². The summed E-state index contributed by atoms with van der Waals surface area (Å²) in [7, 11) is 0. The molecule has 0 aliphatic carbocycles. The van der Waals surface area contributed by atoms with Gasteiger partial charge >= 0.3 is 5.97 Å². The van der Waals surface area contributed by atoms with Crippen LogP contribution < -0.4 is 4.74 Å². The Labute approximate surface area is 95.4 Å². The summed E-state index contributed by atoms with van der Waals surface area (Å²) >= 11 is 0. The number of ether oxygens (including phenoxy) is 2. The molecule has 1 aromatic carbocycles. The van der Waals surface area contributed by atoms with E-state index in [0.29, 0.717) is 13.0 Å². The Morgan fingerprint density at radius 2 is 2.12 bits per heavy atom. The van der Waals surface area contributed by atoms with Crippen molar-refractivity contribution < 1.29 is 14.3 Å². The minimum Gasteiger partial charge on any atom is -0.490 e. The van der Waals surface area contributed by atoms with Crippen molar-refractivity contribution in [2.75, 3.05) is 6.61 Å². The number of carbonyl (C=O) groups excluding carboxylic acids is 1. The Bertz CT molecular complexity index is 356. The molecule has 3 heteroatoms. The van der Waals surface area contributed by atoms with Crippen LogP contribution in [0.15, 0.2) is 24.3 Å². The minimum atomic E-state index is -0.116. The fourth-order valence-electron chi connectivity index (χ4n) is 1.71. The molecule has 1 aliphatic heterocycles. The Hall–Kier alpha value is -1.51. The fraction of sp³-hybridized carbons (Fsp3) is 0.462. The molecule has 0 amide bonds. The molecule has 2 rings (SSSR count). The highest BCUT2D eigenvalue weighted by atomic mass is 16.6. The molecule has 0 spiro atoms. The van der Waals surface area contributed by atoms with E-state index in [1.165, 1.54) is 5.56 Å². The second-order valence-electron chi connectivity index (χ2n) is 3.96. The van der Waals surface area contributed by atoms with E-state index < -0.39 is 0 Å². The average molecular weight is 220 g/mol. The maximum absolute atomic E-state index is 10.9. The SMILES string of the molecule is CCc1ccc(OCC2CCC(=O)O2)cc1. The zero-order chi connectivity index (χ0) is 11.4. The van der Waals surface area contributed by atoms with Crippen molar-refractivity contribution in [2.24, 2.45) is 0 Å². The van der Waals surface area contributed by atoms with Crippen LogP contribution in [0, 0.1) is 0 Å². The Morgan fingerprint density at radius 1 is 1.38 bits per heavy atom. The summed E-state index contributed by atoms with van der Waals surface area (Å²) in [5.41, 5.74) is 1.29. The first-order valence-corrected chi connectivity index (χ1v) is 5.69. The van der Waals surface area contributed by atoms with Crippen LogP contribution in [0.1, 0.15) is 25.3 Å². The summed E-state index contributed by atoms with van der Waals surface area (Å²) in [6.45, 7) is 2.57. The van der Waals surface area contributed by atoms with E-state index in [1.807, 2.05) is 12.1 Å². The van der Waals surface area contributed by atoms with Crippen molar-refractivity contribution in [1.82, 2.24) is 0 Å². The van der Waals surface area contributed by atoms with Gasteiger partial charge in [-0.25, -0.2) is 0 Å². The number of hydrogen-bond donors (Lipinski definition) is 0. The quantitative estimate of drug-likeness (QED) is 0.730. The molecule has 3 nitrogen and oxygen atoms in total. The van der Waals surface area contributed by atoms with Gasteiger partial charge in [0, 0.05) is 6.42 Å². The summed E-state index contributed by atoms with van der Waals surface area (Å²) < 4.78 is 10.6. The van der Waals surface area contributed by atoms with E-state index in [9.17, 15) is 4.79 Å². The topological polar surface area (TPSA) is 35.5 Å². The first-order chi connectivity index (χ1) is 7.78. The number of cyclic esters (lactones) is 1. The van der Waals surface area contributed by atoms with Gasteiger partial charge in [-0.05, 0) is 30.5 Å². The van der Waals surface area contributed by atoms with E-state index in [1.54, 1.807) is 0 Å². The average Bonchev–Trinajstić information content (AvgIpc) is 2.73. The second-order valence-corrected chi connectivity index (χ2v) is 3.96. The maximum atomic E-state index is 10.9. The third-order valence-electron chi connectivity index (χ3n) is 2.74. The molecule has 0 saturated carbocycles. The molecule has 1 unspecified atom stereocenters. The zero-order valence-corrected chi connectivity index (χ0v) is 9.44. The zero-order valence-electron chi connectivity index (χ0n) is 9.44. The second kappa shape index (κ2) is 5.01. The molecule has 86 valence electrons. The van der Waals surface area contributed by atoms with Crippen LogP contribution in [0.3, 0.4) is 0 Å². The van der Waals surface area contributed by atoms with E-state index in [4.69, 9.17) is 9.47 Å². The molecule has 1 heterocycles. The third-order valence-corrected chi connectivity index (χ3v) is 2.74. The van der Waals surface area contributed by atoms with Crippen molar-refractivity contribution in [3.63, 3.8) is 0 Å². The lowest BCUT2D eigenvalue weighted by Gasteiger charge is -2.11. The summed E-state index contributed by atoms with van der Waals surface area (Å²) in [5, 5.41) is 0. The molecule has 0 radical (unpaired) electrons. The highest BCUT2D eigenvalue weighted by molar-refractivity contribution is 5.71. The predicted molar refractivity (Wildman–Crippen MR) is 60.4 cm³/mol. The highest BCUT2D eigenvalue weighted by Crippen LogP contribution is 2.17. The summed E-state index contributed by atoms with van der Waals surface area (Å²) in [6.07, 6.45) is 2.24. The standard InChI is InChI=1S/C13H16O3/c1-2-10-3-5-11(6-4-10)15-9-12-7-8-13(14)16-12/h3-6,12H,2,7-9H2,1H3. The summed E-state index contributed by atoms with van der Waals surface area (Å²) in [4.78, 5) is 10.9. The molecule has 1 saturated heterocycles. The van der Waals surface area contributed by atoms with E-state index in [2.05, 4.69) is 19.1 Å². The molecule has 16 heavy (non-hydrogen) atoms. The van der Waals surface area contributed by atoms with E-state index in [-0.39, 0.29) is 12.1 Å². The van der Waals surface area contributed by atoms with Gasteiger partial charge < -0.3 is 9.47 Å². The lowest BCUT2D eigenvalue weighted by molar-refractivity contribution is -0.142. The first kappa shape index (κ1) is 11.0. The van der Waals surface area contributed by atoms with Crippen LogP contribution in [0.25, 0.3) is 0 Å². The number of aryl methyl sites for hydroxylation is 1. The van der Waals surface area contributed by atoms with Gasteiger partial charge in [-0.2, -0.15) is 0 Å². The molecule has 0 aromatic heterocycles. The van der Waals surface area contributed by atoms with Crippen LogP contribution >= 0.6 is 0 Å². The van der Waals surface area contributed by atoms with Crippen LogP contribution in [-0.4, -0.2) is 18.7 Å². The molecule has 0 N–H and O–H groups in total. The third kappa shape index (κ3) is 2.75. The van der Waals surface area contributed by atoms with Gasteiger partial charge in [-0.1, -0.05) is 19.1 Å². The van der Waals surface area contributed by atoms with Crippen molar-refractivity contribution in [1.29, 1.82) is 0 Å². The Morgan fingerprint density at radius 3 is 2.69 bits per heavy atom. The lowest BCUT2D eigenvalue weighted by atomic mass is 10.2. The predicted octanol–water partition coefficient (Wildman–Crippen LogP) is 2.33. The van der Waals surface area contributed by atoms with Crippen LogP contribution in [-0.2, 0) is 16.0 Å². The molecule has 1 atom stereocenters. The van der Waals surface area contributed by atoms with Gasteiger partial charge in [0.1, 0.15) is 18.5 Å². The highest BCUT2D eigenvalue weighted by Gasteiger charge is 2.23.